The first-order valence-corrected chi connectivity index (χ1v) is 12.7. The van der Waals surface area contributed by atoms with Gasteiger partial charge in [-0.1, -0.05) is 18.7 Å². The van der Waals surface area contributed by atoms with Crippen LogP contribution in [0.5, 0.6) is 0 Å². The van der Waals surface area contributed by atoms with Gasteiger partial charge in [0.2, 0.25) is 0 Å². The third-order valence-corrected chi connectivity index (χ3v) is 8.23. The highest BCUT2D eigenvalue weighted by atomic mass is 32.2. The van der Waals surface area contributed by atoms with Gasteiger partial charge in [-0.2, -0.15) is 13.2 Å². The molecule has 0 radical (unpaired) electrons. The topological polar surface area (TPSA) is 63.0 Å². The van der Waals surface area contributed by atoms with Crippen LogP contribution in [-0.2, 0) is 13.2 Å². The van der Waals surface area contributed by atoms with Gasteiger partial charge in [0.15, 0.2) is 11.0 Å². The van der Waals surface area contributed by atoms with E-state index in [-0.39, 0.29) is 5.41 Å². The lowest BCUT2D eigenvalue weighted by atomic mass is 9.85. The summed E-state index contributed by atoms with van der Waals surface area (Å²) in [6.45, 7) is 6.12. The van der Waals surface area contributed by atoms with Gasteiger partial charge < -0.3 is 14.4 Å². The molecule has 5 rings (SSSR count). The minimum atomic E-state index is -4.30. The van der Waals surface area contributed by atoms with E-state index in [0.717, 1.165) is 55.6 Å². The molecule has 11 heteroatoms. The first kappa shape index (κ1) is 24.1. The maximum Gasteiger partial charge on any atom is 0.416 e. The average Bonchev–Trinajstić information content (AvgIpc) is 3.47. The molecule has 2 saturated heterocycles. The molecule has 3 aromatic rings. The summed E-state index contributed by atoms with van der Waals surface area (Å²) in [6.07, 6.45) is 2.71. The quantitative estimate of drug-likeness (QED) is 0.350. The normalized spacial score (nSPS) is 22.7. The highest BCUT2D eigenvalue weighted by Crippen LogP contribution is 2.44. The Bertz CT molecular complexity index is 1150. The van der Waals surface area contributed by atoms with Crippen LogP contribution in [0, 0.1) is 5.41 Å². The molecule has 0 N–H and O–H groups in total. The lowest BCUT2D eigenvalue weighted by Gasteiger charge is -2.30. The summed E-state index contributed by atoms with van der Waals surface area (Å²) in [7, 11) is 1.94. The fourth-order valence-corrected chi connectivity index (χ4v) is 6.08. The van der Waals surface area contributed by atoms with Crippen LogP contribution in [0.25, 0.3) is 11.5 Å². The molecule has 7 nitrogen and oxygen atoms in total. The fourth-order valence-electron chi connectivity index (χ4n) is 5.25. The summed E-state index contributed by atoms with van der Waals surface area (Å²) in [5.41, 5.74) is 1.14. The van der Waals surface area contributed by atoms with Crippen molar-refractivity contribution in [3.05, 3.63) is 48.4 Å². The van der Waals surface area contributed by atoms with Gasteiger partial charge in [0.25, 0.3) is 0 Å². The summed E-state index contributed by atoms with van der Waals surface area (Å²) in [6, 6.07) is 5.93. The van der Waals surface area contributed by atoms with E-state index in [1.807, 2.05) is 11.6 Å². The largest absolute Gasteiger partial charge is 0.416 e. The molecule has 0 aliphatic carbocycles. The Hall–Kier alpha value is -2.66. The first-order valence-electron chi connectivity index (χ1n) is 11.7. The Labute approximate surface area is 206 Å². The molecule has 0 amide bonds. The number of rotatable bonds is 7. The van der Waals surface area contributed by atoms with Crippen molar-refractivity contribution in [2.45, 2.75) is 37.1 Å². The van der Waals surface area contributed by atoms with Crippen molar-refractivity contribution < 1.29 is 13.2 Å². The number of halogens is 3. The third kappa shape index (κ3) is 4.88. The van der Waals surface area contributed by atoms with Gasteiger partial charge in [0, 0.05) is 62.0 Å². The van der Waals surface area contributed by atoms with Gasteiger partial charge in [-0.25, -0.2) is 4.98 Å². The number of hydrogen-bond acceptors (Lipinski definition) is 7. The number of nitrogens with zero attached hydrogens (tertiary/aromatic N) is 7. The average molecular weight is 504 g/mol. The fraction of sp³-hybridized carbons (Fsp3) is 0.500. The second-order valence-electron chi connectivity index (χ2n) is 9.55. The predicted octanol–water partition coefficient (Wildman–Crippen LogP) is 4.37. The molecule has 2 unspecified atom stereocenters. The van der Waals surface area contributed by atoms with Crippen LogP contribution in [0.1, 0.15) is 25.3 Å². The molecule has 4 heterocycles. The number of aromatic nitrogens is 5. The van der Waals surface area contributed by atoms with Gasteiger partial charge in [0.05, 0.1) is 11.8 Å². The van der Waals surface area contributed by atoms with Crippen LogP contribution >= 0.6 is 11.8 Å². The number of hydrogen-bond donors (Lipinski definition) is 0. The second kappa shape index (κ2) is 9.42. The first-order chi connectivity index (χ1) is 16.7. The lowest BCUT2D eigenvalue weighted by Crippen LogP contribution is -2.37. The molecular formula is C24H28F3N7S. The van der Waals surface area contributed by atoms with Crippen LogP contribution in [0.4, 0.5) is 18.9 Å². The van der Waals surface area contributed by atoms with Crippen molar-refractivity contribution in [3.63, 3.8) is 0 Å². The third-order valence-electron chi connectivity index (χ3n) is 7.12. The Morgan fingerprint density at radius 2 is 1.94 bits per heavy atom. The smallest absolute Gasteiger partial charge is 0.367 e. The Morgan fingerprint density at radius 3 is 2.66 bits per heavy atom. The van der Waals surface area contributed by atoms with Crippen LogP contribution in [-0.4, -0.2) is 67.6 Å². The lowest BCUT2D eigenvalue weighted by molar-refractivity contribution is -0.137. The number of likely N-dealkylation sites (tertiary alicyclic amines) is 1. The van der Waals surface area contributed by atoms with Crippen molar-refractivity contribution >= 4 is 17.4 Å². The van der Waals surface area contributed by atoms with Gasteiger partial charge in [-0.3, -0.25) is 4.98 Å². The molecule has 0 saturated carbocycles. The van der Waals surface area contributed by atoms with Crippen molar-refractivity contribution in [1.29, 1.82) is 0 Å². The number of fused-ring (bicyclic) bond motifs is 1. The van der Waals surface area contributed by atoms with Crippen molar-refractivity contribution in [2.75, 3.05) is 36.8 Å². The van der Waals surface area contributed by atoms with E-state index in [4.69, 9.17) is 0 Å². The highest BCUT2D eigenvalue weighted by Gasteiger charge is 2.50. The predicted molar refractivity (Wildman–Crippen MR) is 129 cm³/mol. The summed E-state index contributed by atoms with van der Waals surface area (Å²) in [4.78, 5) is 13.2. The highest BCUT2D eigenvalue weighted by molar-refractivity contribution is 7.99. The monoisotopic (exact) mass is 503 g/mol. The maximum absolute atomic E-state index is 12.9. The molecule has 2 aliphatic heterocycles. The van der Waals surface area contributed by atoms with Gasteiger partial charge in [0.1, 0.15) is 5.69 Å². The zero-order valence-corrected chi connectivity index (χ0v) is 20.6. The molecular weight excluding hydrogens is 475 g/mol. The molecule has 2 aliphatic rings. The van der Waals surface area contributed by atoms with E-state index in [2.05, 4.69) is 36.9 Å². The summed E-state index contributed by atoms with van der Waals surface area (Å²) < 4.78 is 40.8. The van der Waals surface area contributed by atoms with E-state index in [1.165, 1.54) is 12.1 Å². The SMILES string of the molecule is Cn1c(SCCCN2CC3N(c4ccc(C(F)(F)F)cc4)CCC3(C)C2)nnc1-c1cnccn1. The van der Waals surface area contributed by atoms with Gasteiger partial charge in [-0.05, 0) is 43.7 Å². The summed E-state index contributed by atoms with van der Waals surface area (Å²) in [5, 5.41) is 9.41. The summed E-state index contributed by atoms with van der Waals surface area (Å²) >= 11 is 1.68. The molecule has 35 heavy (non-hydrogen) atoms. The van der Waals surface area contributed by atoms with Crippen LogP contribution < -0.4 is 4.90 Å². The zero-order chi connectivity index (χ0) is 24.6. The Balaban J connectivity index is 1.14. The number of anilines is 1. The van der Waals surface area contributed by atoms with E-state index < -0.39 is 11.7 Å². The van der Waals surface area contributed by atoms with Crippen molar-refractivity contribution in [3.8, 4) is 11.5 Å². The number of alkyl halides is 3. The molecule has 2 fully saturated rings. The minimum Gasteiger partial charge on any atom is -0.367 e. The molecule has 0 spiro atoms. The van der Waals surface area contributed by atoms with Gasteiger partial charge >= 0.3 is 6.18 Å². The number of thioether (sulfide) groups is 1. The van der Waals surface area contributed by atoms with E-state index in [0.29, 0.717) is 17.6 Å². The van der Waals surface area contributed by atoms with Crippen LogP contribution in [0.3, 0.4) is 0 Å². The Morgan fingerprint density at radius 1 is 1.14 bits per heavy atom. The zero-order valence-electron chi connectivity index (χ0n) is 19.7. The standard InChI is InChI=1S/C24H28F3N7S/c1-23-8-12-34(18-6-4-17(5-7-18)24(25,26)27)20(23)15-33(16-23)11-3-13-35-22-31-30-21(32(22)2)19-14-28-9-10-29-19/h4-7,9-10,14,20H,3,8,11-13,15-16H2,1-2H3. The summed E-state index contributed by atoms with van der Waals surface area (Å²) in [5.74, 6) is 1.62. The van der Waals surface area contributed by atoms with E-state index in [9.17, 15) is 13.2 Å². The maximum atomic E-state index is 12.9. The van der Waals surface area contributed by atoms with Crippen LogP contribution in [0.2, 0.25) is 0 Å². The minimum absolute atomic E-state index is 0.158. The van der Waals surface area contributed by atoms with Gasteiger partial charge in [-0.15, -0.1) is 10.2 Å². The molecule has 186 valence electrons. The Kier molecular flexibility index (Phi) is 6.47. The van der Waals surface area contributed by atoms with Crippen molar-refractivity contribution in [2.24, 2.45) is 12.5 Å². The molecule has 2 aromatic heterocycles. The van der Waals surface area contributed by atoms with E-state index in [1.54, 1.807) is 42.5 Å². The van der Waals surface area contributed by atoms with Crippen LogP contribution in [0.15, 0.2) is 48.0 Å². The molecule has 1 aromatic carbocycles. The number of benzene rings is 1. The van der Waals surface area contributed by atoms with Crippen molar-refractivity contribution in [1.82, 2.24) is 29.6 Å². The second-order valence-corrected chi connectivity index (χ2v) is 10.6. The molecule has 2 atom stereocenters. The van der Waals surface area contributed by atoms with E-state index >= 15 is 0 Å². The molecule has 0 bridgehead atoms.